The van der Waals surface area contributed by atoms with Gasteiger partial charge in [0.25, 0.3) is 0 Å². The summed E-state index contributed by atoms with van der Waals surface area (Å²) >= 11 is 0. The molecule has 0 aromatic heterocycles. The smallest absolute Gasteiger partial charge is 0.349 e. The molecule has 0 N–H and O–H groups in total. The van der Waals surface area contributed by atoms with Gasteiger partial charge in [0.1, 0.15) is 18.1 Å². The molecule has 138 valence electrons. The summed E-state index contributed by atoms with van der Waals surface area (Å²) in [6.07, 6.45) is 0. The second kappa shape index (κ2) is 10.2. The highest BCUT2D eigenvalue weighted by molar-refractivity contribution is 5.89. The molecule has 6 nitrogen and oxygen atoms in total. The molecule has 0 fully saturated rings. The van der Waals surface area contributed by atoms with Crippen molar-refractivity contribution in [3.63, 3.8) is 0 Å². The number of hydrogen-bond donors (Lipinski definition) is 0. The zero-order valence-electron chi connectivity index (χ0n) is 14.9. The number of carbonyl (C=O) groups excluding carboxylic acids is 2. The van der Waals surface area contributed by atoms with Crippen LogP contribution in [0.4, 0.5) is 0 Å². The van der Waals surface area contributed by atoms with Gasteiger partial charge in [0.2, 0.25) is 0 Å². The summed E-state index contributed by atoms with van der Waals surface area (Å²) in [7, 11) is 0. The van der Waals surface area contributed by atoms with Gasteiger partial charge in [0.15, 0.2) is 6.61 Å². The van der Waals surface area contributed by atoms with Crippen molar-refractivity contribution in [1.82, 2.24) is 0 Å². The van der Waals surface area contributed by atoms with Gasteiger partial charge in [-0.3, -0.25) is 0 Å². The van der Waals surface area contributed by atoms with Crippen LogP contribution in [0.3, 0.4) is 0 Å². The van der Waals surface area contributed by atoms with Crippen molar-refractivity contribution in [3.8, 4) is 11.5 Å². The standard InChI is InChI=1S/C20H22O6/c1-3-23-12-13-24-20(22)16-6-10-18(11-7-16)26-19(21)14-25-17-8-4-15(2)5-9-17/h4-11H,3,12-14H2,1-2H3. The molecule has 26 heavy (non-hydrogen) atoms. The van der Waals surface area contributed by atoms with Crippen LogP contribution in [0.2, 0.25) is 0 Å². The van der Waals surface area contributed by atoms with Crippen LogP contribution >= 0.6 is 0 Å². The maximum atomic E-state index is 11.8. The first-order valence-corrected chi connectivity index (χ1v) is 8.33. The number of esters is 2. The molecule has 0 unspecified atom stereocenters. The second-order valence-corrected chi connectivity index (χ2v) is 5.43. The average Bonchev–Trinajstić information content (AvgIpc) is 2.65. The molecule has 0 saturated carbocycles. The summed E-state index contributed by atoms with van der Waals surface area (Å²) in [6, 6.07) is 13.5. The number of rotatable bonds is 9. The highest BCUT2D eigenvalue weighted by Crippen LogP contribution is 2.14. The van der Waals surface area contributed by atoms with E-state index in [9.17, 15) is 9.59 Å². The summed E-state index contributed by atoms with van der Waals surface area (Å²) in [5, 5.41) is 0. The summed E-state index contributed by atoms with van der Waals surface area (Å²) < 4.78 is 20.7. The predicted octanol–water partition coefficient (Wildman–Crippen LogP) is 3.17. The first-order chi connectivity index (χ1) is 12.6. The lowest BCUT2D eigenvalue weighted by molar-refractivity contribution is -0.136. The zero-order chi connectivity index (χ0) is 18.8. The van der Waals surface area contributed by atoms with Crippen LogP contribution in [0, 0.1) is 6.92 Å². The molecule has 2 rings (SSSR count). The molecule has 0 amide bonds. The van der Waals surface area contributed by atoms with Gasteiger partial charge in [0, 0.05) is 6.61 Å². The average molecular weight is 358 g/mol. The van der Waals surface area contributed by atoms with Gasteiger partial charge in [-0.05, 0) is 50.2 Å². The molecular formula is C20H22O6. The van der Waals surface area contributed by atoms with Crippen molar-refractivity contribution >= 4 is 11.9 Å². The number of ether oxygens (including phenoxy) is 4. The Morgan fingerprint density at radius 3 is 2.19 bits per heavy atom. The van der Waals surface area contributed by atoms with Gasteiger partial charge < -0.3 is 18.9 Å². The predicted molar refractivity (Wildman–Crippen MR) is 95.5 cm³/mol. The molecule has 0 saturated heterocycles. The summed E-state index contributed by atoms with van der Waals surface area (Å²) in [4.78, 5) is 23.6. The molecule has 0 bridgehead atoms. The Bertz CT molecular complexity index is 706. The van der Waals surface area contributed by atoms with Crippen LogP contribution < -0.4 is 9.47 Å². The first kappa shape index (κ1) is 19.5. The molecule has 0 heterocycles. The maximum absolute atomic E-state index is 11.8. The van der Waals surface area contributed by atoms with Crippen LogP contribution in [0.25, 0.3) is 0 Å². The molecule has 2 aromatic rings. The normalized spacial score (nSPS) is 10.2. The SMILES string of the molecule is CCOCCOC(=O)c1ccc(OC(=O)COc2ccc(C)cc2)cc1. The fourth-order valence-corrected chi connectivity index (χ4v) is 2.02. The van der Waals surface area contributed by atoms with E-state index in [1.165, 1.54) is 24.3 Å². The highest BCUT2D eigenvalue weighted by atomic mass is 16.6. The summed E-state index contributed by atoms with van der Waals surface area (Å²) in [6.45, 7) is 4.76. The molecule has 0 aliphatic rings. The van der Waals surface area contributed by atoms with Crippen LogP contribution in [-0.4, -0.2) is 38.4 Å². The summed E-state index contributed by atoms with van der Waals surface area (Å²) in [5.74, 6) is -0.0611. The van der Waals surface area contributed by atoms with Crippen LogP contribution in [0.1, 0.15) is 22.8 Å². The van der Waals surface area contributed by atoms with E-state index in [1.807, 2.05) is 26.0 Å². The van der Waals surface area contributed by atoms with E-state index in [0.29, 0.717) is 30.3 Å². The quantitative estimate of drug-likeness (QED) is 0.389. The number of hydrogen-bond acceptors (Lipinski definition) is 6. The van der Waals surface area contributed by atoms with Gasteiger partial charge in [-0.1, -0.05) is 17.7 Å². The van der Waals surface area contributed by atoms with Gasteiger partial charge in [-0.15, -0.1) is 0 Å². The maximum Gasteiger partial charge on any atom is 0.349 e. The van der Waals surface area contributed by atoms with E-state index in [1.54, 1.807) is 12.1 Å². The molecular weight excluding hydrogens is 336 g/mol. The highest BCUT2D eigenvalue weighted by Gasteiger charge is 2.10. The number of carbonyl (C=O) groups is 2. The van der Waals surface area contributed by atoms with E-state index in [2.05, 4.69) is 0 Å². The molecule has 2 aromatic carbocycles. The van der Waals surface area contributed by atoms with Gasteiger partial charge >= 0.3 is 11.9 Å². The molecule has 0 atom stereocenters. The van der Waals surface area contributed by atoms with Crippen molar-refractivity contribution in [2.24, 2.45) is 0 Å². The molecule has 6 heteroatoms. The molecule has 0 radical (unpaired) electrons. The third kappa shape index (κ3) is 6.57. The Kier molecular flexibility index (Phi) is 7.64. The molecule has 0 aliphatic heterocycles. The van der Waals surface area contributed by atoms with Crippen molar-refractivity contribution in [2.75, 3.05) is 26.4 Å². The second-order valence-electron chi connectivity index (χ2n) is 5.43. The number of benzene rings is 2. The molecule has 0 spiro atoms. The van der Waals surface area contributed by atoms with E-state index >= 15 is 0 Å². The van der Waals surface area contributed by atoms with E-state index in [4.69, 9.17) is 18.9 Å². The minimum absolute atomic E-state index is 0.194. The fraction of sp³-hybridized carbons (Fsp3) is 0.300. The molecule has 0 aliphatic carbocycles. The summed E-state index contributed by atoms with van der Waals surface area (Å²) in [5.41, 5.74) is 1.48. The lowest BCUT2D eigenvalue weighted by atomic mass is 10.2. The zero-order valence-corrected chi connectivity index (χ0v) is 14.9. The first-order valence-electron chi connectivity index (χ1n) is 8.33. The van der Waals surface area contributed by atoms with Gasteiger partial charge in [-0.25, -0.2) is 9.59 Å². The fourth-order valence-electron chi connectivity index (χ4n) is 2.02. The van der Waals surface area contributed by atoms with Crippen LogP contribution in [0.5, 0.6) is 11.5 Å². The van der Waals surface area contributed by atoms with Crippen molar-refractivity contribution in [1.29, 1.82) is 0 Å². The third-order valence-corrected chi connectivity index (χ3v) is 3.36. The minimum atomic E-state index is -0.530. The van der Waals surface area contributed by atoms with Crippen molar-refractivity contribution in [2.45, 2.75) is 13.8 Å². The van der Waals surface area contributed by atoms with Crippen LogP contribution in [-0.2, 0) is 14.3 Å². The number of aryl methyl sites for hydroxylation is 1. The van der Waals surface area contributed by atoms with Crippen molar-refractivity contribution in [3.05, 3.63) is 59.7 Å². The van der Waals surface area contributed by atoms with E-state index in [-0.39, 0.29) is 13.2 Å². The third-order valence-electron chi connectivity index (χ3n) is 3.36. The monoisotopic (exact) mass is 358 g/mol. The Balaban J connectivity index is 1.77. The lowest BCUT2D eigenvalue weighted by Gasteiger charge is -2.08. The van der Waals surface area contributed by atoms with Crippen molar-refractivity contribution < 1.29 is 28.5 Å². The Morgan fingerprint density at radius 1 is 0.885 bits per heavy atom. The Labute approximate surface area is 152 Å². The van der Waals surface area contributed by atoms with E-state index in [0.717, 1.165) is 5.56 Å². The Morgan fingerprint density at radius 2 is 1.54 bits per heavy atom. The van der Waals surface area contributed by atoms with Crippen LogP contribution in [0.15, 0.2) is 48.5 Å². The van der Waals surface area contributed by atoms with Gasteiger partial charge in [0.05, 0.1) is 12.2 Å². The largest absolute Gasteiger partial charge is 0.482 e. The lowest BCUT2D eigenvalue weighted by Crippen LogP contribution is -2.17. The minimum Gasteiger partial charge on any atom is -0.482 e. The topological polar surface area (TPSA) is 71.1 Å². The van der Waals surface area contributed by atoms with Gasteiger partial charge in [-0.2, -0.15) is 0 Å². The van der Waals surface area contributed by atoms with E-state index < -0.39 is 11.9 Å². The Hall–Kier alpha value is -2.86.